The van der Waals surface area contributed by atoms with Crippen molar-refractivity contribution in [3.63, 3.8) is 0 Å². The minimum Gasteiger partial charge on any atom is -0.497 e. The summed E-state index contributed by atoms with van der Waals surface area (Å²) in [5.41, 5.74) is 0.329. The van der Waals surface area contributed by atoms with Gasteiger partial charge in [0, 0.05) is 26.2 Å². The molecule has 3 aliphatic rings. The number of nitrogens with zero attached hydrogens (tertiary/aromatic N) is 3. The third-order valence-electron chi connectivity index (χ3n) is 6.19. The number of aliphatic hydroxyl groups is 1. The van der Waals surface area contributed by atoms with Crippen LogP contribution in [0.2, 0.25) is 0 Å². The zero-order chi connectivity index (χ0) is 21.0. The number of benzene rings is 1. The van der Waals surface area contributed by atoms with E-state index in [-0.39, 0.29) is 23.8 Å². The van der Waals surface area contributed by atoms with Crippen molar-refractivity contribution in [2.45, 2.75) is 51.4 Å². The van der Waals surface area contributed by atoms with Gasteiger partial charge < -0.3 is 9.84 Å². The van der Waals surface area contributed by atoms with Gasteiger partial charge in [-0.2, -0.15) is 0 Å². The fraction of sp³-hybridized carbons (Fsp3) is 0.636. The van der Waals surface area contributed by atoms with Crippen LogP contribution in [-0.2, 0) is 16.1 Å². The Morgan fingerprint density at radius 1 is 1.17 bits per heavy atom. The molecule has 1 N–H and O–H groups in total. The van der Waals surface area contributed by atoms with Crippen molar-refractivity contribution >= 4 is 11.8 Å². The Bertz CT molecular complexity index is 795. The average Bonchev–Trinajstić information content (AvgIpc) is 3.02. The van der Waals surface area contributed by atoms with Crippen LogP contribution in [0.4, 0.5) is 0 Å². The minimum absolute atomic E-state index is 0.131. The largest absolute Gasteiger partial charge is 0.497 e. The number of methoxy groups -OCH3 is 1. The van der Waals surface area contributed by atoms with E-state index >= 15 is 0 Å². The van der Waals surface area contributed by atoms with E-state index in [1.807, 2.05) is 29.2 Å². The normalized spacial score (nSPS) is 27.3. The van der Waals surface area contributed by atoms with E-state index < -0.39 is 17.7 Å². The summed E-state index contributed by atoms with van der Waals surface area (Å²) in [5, 5.41) is 10.3. The van der Waals surface area contributed by atoms with Crippen molar-refractivity contribution < 1.29 is 19.4 Å². The SMILES string of the molecule is COc1ccc(CN2C(=O)C3CC(O)CN3C3(CN(CC(C)(C)C)C3)C2=O)cc1. The zero-order valence-corrected chi connectivity index (χ0v) is 17.7. The van der Waals surface area contributed by atoms with Gasteiger partial charge in [-0.05, 0) is 29.5 Å². The van der Waals surface area contributed by atoms with Crippen molar-refractivity contribution in [3.8, 4) is 5.75 Å². The van der Waals surface area contributed by atoms with Gasteiger partial charge in [0.25, 0.3) is 5.91 Å². The number of ether oxygens (including phenoxy) is 1. The number of imide groups is 1. The lowest BCUT2D eigenvalue weighted by Crippen LogP contribution is -2.81. The molecule has 3 heterocycles. The van der Waals surface area contributed by atoms with E-state index in [1.165, 1.54) is 4.90 Å². The molecule has 158 valence electrons. The third-order valence-corrected chi connectivity index (χ3v) is 6.19. The lowest BCUT2D eigenvalue weighted by molar-refractivity contribution is -0.181. The van der Waals surface area contributed by atoms with Crippen LogP contribution in [0.15, 0.2) is 24.3 Å². The number of hydrogen-bond acceptors (Lipinski definition) is 6. The second kappa shape index (κ2) is 7.07. The maximum atomic E-state index is 13.6. The third kappa shape index (κ3) is 3.56. The molecule has 2 unspecified atom stereocenters. The molecule has 0 aliphatic carbocycles. The number of piperazine rings is 1. The van der Waals surface area contributed by atoms with E-state index in [2.05, 4.69) is 25.7 Å². The highest BCUT2D eigenvalue weighted by Gasteiger charge is 2.64. The van der Waals surface area contributed by atoms with Crippen molar-refractivity contribution in [2.24, 2.45) is 5.41 Å². The van der Waals surface area contributed by atoms with Crippen molar-refractivity contribution in [1.82, 2.24) is 14.7 Å². The van der Waals surface area contributed by atoms with Crippen molar-refractivity contribution in [2.75, 3.05) is 33.3 Å². The predicted octanol–water partition coefficient (Wildman–Crippen LogP) is 1.10. The van der Waals surface area contributed by atoms with Gasteiger partial charge in [0.05, 0.1) is 25.8 Å². The molecular weight excluding hydrogens is 370 g/mol. The van der Waals surface area contributed by atoms with Gasteiger partial charge in [0.15, 0.2) is 0 Å². The fourth-order valence-electron chi connectivity index (χ4n) is 5.03. The summed E-state index contributed by atoms with van der Waals surface area (Å²) >= 11 is 0. The van der Waals surface area contributed by atoms with Gasteiger partial charge in [-0.25, -0.2) is 0 Å². The van der Waals surface area contributed by atoms with Crippen LogP contribution in [0.1, 0.15) is 32.8 Å². The van der Waals surface area contributed by atoms with E-state index in [0.717, 1.165) is 17.9 Å². The summed E-state index contributed by atoms with van der Waals surface area (Å²) in [6, 6.07) is 7.02. The number of aliphatic hydroxyl groups excluding tert-OH is 1. The van der Waals surface area contributed by atoms with Crippen LogP contribution in [0, 0.1) is 5.41 Å². The molecule has 0 bridgehead atoms. The molecule has 3 saturated heterocycles. The molecule has 0 radical (unpaired) electrons. The highest BCUT2D eigenvalue weighted by Crippen LogP contribution is 2.41. The molecule has 3 fully saturated rings. The first-order valence-corrected chi connectivity index (χ1v) is 10.3. The first kappa shape index (κ1) is 20.3. The van der Waals surface area contributed by atoms with Crippen molar-refractivity contribution in [3.05, 3.63) is 29.8 Å². The van der Waals surface area contributed by atoms with E-state index in [9.17, 15) is 14.7 Å². The second-order valence-corrected chi connectivity index (χ2v) is 9.87. The Hall–Kier alpha value is -1.96. The number of hydrogen-bond donors (Lipinski definition) is 1. The van der Waals surface area contributed by atoms with Gasteiger partial charge >= 0.3 is 0 Å². The van der Waals surface area contributed by atoms with Gasteiger partial charge in [0.1, 0.15) is 11.3 Å². The average molecular weight is 402 g/mol. The number of rotatable bonds is 4. The number of carbonyl (C=O) groups is 2. The summed E-state index contributed by atoms with van der Waals surface area (Å²) < 4.78 is 5.19. The Morgan fingerprint density at radius 3 is 2.41 bits per heavy atom. The van der Waals surface area contributed by atoms with Crippen LogP contribution < -0.4 is 4.74 Å². The summed E-state index contributed by atoms with van der Waals surface area (Å²) in [4.78, 5) is 32.4. The van der Waals surface area contributed by atoms with Crippen LogP contribution in [-0.4, -0.2) is 82.6 Å². The van der Waals surface area contributed by atoms with Gasteiger partial charge in [-0.1, -0.05) is 32.9 Å². The van der Waals surface area contributed by atoms with Crippen LogP contribution in [0.3, 0.4) is 0 Å². The quantitative estimate of drug-likeness (QED) is 0.762. The molecule has 1 spiro atoms. The van der Waals surface area contributed by atoms with E-state index in [4.69, 9.17) is 4.74 Å². The number of carbonyl (C=O) groups excluding carboxylic acids is 2. The summed E-state index contributed by atoms with van der Waals surface area (Å²) in [5.74, 6) is 0.416. The standard InChI is InChI=1S/C22H31N3O4/c1-21(2,3)12-23-13-22(14-23)20(28)24(10-15-5-7-17(29-4)8-6-15)19(27)18-9-16(26)11-25(18)22/h5-8,16,18,26H,9-14H2,1-4H3. The fourth-order valence-corrected chi connectivity index (χ4v) is 5.03. The number of likely N-dealkylation sites (tertiary alicyclic amines) is 1. The molecule has 3 aliphatic heterocycles. The van der Waals surface area contributed by atoms with Gasteiger partial charge in [-0.15, -0.1) is 0 Å². The number of fused-ring (bicyclic) bond motifs is 2. The monoisotopic (exact) mass is 401 g/mol. The maximum absolute atomic E-state index is 13.6. The molecule has 2 amide bonds. The Labute approximate surface area is 172 Å². The molecule has 0 aromatic heterocycles. The summed E-state index contributed by atoms with van der Waals surface area (Å²) in [6.07, 6.45) is -0.169. The molecule has 1 aromatic rings. The Balaban J connectivity index is 1.58. The lowest BCUT2D eigenvalue weighted by Gasteiger charge is -2.59. The van der Waals surface area contributed by atoms with Crippen molar-refractivity contribution in [1.29, 1.82) is 0 Å². The molecule has 7 heteroatoms. The molecular formula is C22H31N3O4. The van der Waals surface area contributed by atoms with Crippen LogP contribution in [0.5, 0.6) is 5.75 Å². The topological polar surface area (TPSA) is 73.3 Å². The maximum Gasteiger partial charge on any atom is 0.252 e. The molecule has 29 heavy (non-hydrogen) atoms. The molecule has 1 aromatic carbocycles. The summed E-state index contributed by atoms with van der Waals surface area (Å²) in [6.45, 7) is 9.31. The number of amides is 2. The number of β-amino-alcohol motifs (C(OH)–C–C–N with tert-alkyl or cyclic N) is 1. The molecule has 7 nitrogen and oxygen atoms in total. The highest BCUT2D eigenvalue weighted by atomic mass is 16.5. The Morgan fingerprint density at radius 2 is 1.83 bits per heavy atom. The summed E-state index contributed by atoms with van der Waals surface area (Å²) in [7, 11) is 1.61. The Kier molecular flexibility index (Phi) is 4.96. The lowest BCUT2D eigenvalue weighted by atomic mass is 9.80. The second-order valence-electron chi connectivity index (χ2n) is 9.87. The molecule has 2 atom stereocenters. The first-order valence-electron chi connectivity index (χ1n) is 10.3. The zero-order valence-electron chi connectivity index (χ0n) is 17.7. The van der Waals surface area contributed by atoms with Crippen LogP contribution >= 0.6 is 0 Å². The molecule has 4 rings (SSSR count). The van der Waals surface area contributed by atoms with Gasteiger partial charge in [0.2, 0.25) is 5.91 Å². The van der Waals surface area contributed by atoms with E-state index in [0.29, 0.717) is 26.1 Å². The molecule has 0 saturated carbocycles. The van der Waals surface area contributed by atoms with E-state index in [1.54, 1.807) is 7.11 Å². The minimum atomic E-state index is -0.701. The highest BCUT2D eigenvalue weighted by molar-refractivity contribution is 6.06. The first-order chi connectivity index (χ1) is 13.6. The van der Waals surface area contributed by atoms with Gasteiger partial charge in [-0.3, -0.25) is 24.3 Å². The predicted molar refractivity (Wildman–Crippen MR) is 108 cm³/mol. The smallest absolute Gasteiger partial charge is 0.252 e. The van der Waals surface area contributed by atoms with Crippen LogP contribution in [0.25, 0.3) is 0 Å².